The zero-order chi connectivity index (χ0) is 19.7. The Morgan fingerprint density at radius 2 is 1.43 bits per heavy atom. The predicted octanol–water partition coefficient (Wildman–Crippen LogP) is 5.16. The molecule has 0 bridgehead atoms. The number of ether oxygens (including phenoxy) is 1. The third kappa shape index (κ3) is 2.89. The van der Waals surface area contributed by atoms with Crippen molar-refractivity contribution in [3.63, 3.8) is 0 Å². The minimum atomic E-state index is -1.01. The molecule has 0 spiro atoms. The minimum absolute atomic E-state index is 0.0457. The summed E-state index contributed by atoms with van der Waals surface area (Å²) in [5.74, 6) is -1.19. The molecule has 1 aliphatic rings. The van der Waals surface area contributed by atoms with Gasteiger partial charge in [-0.25, -0.2) is 0 Å². The smallest absolute Gasteiger partial charge is 0.317 e. The van der Waals surface area contributed by atoms with Gasteiger partial charge in [-0.1, -0.05) is 88.7 Å². The fraction of sp³-hybridized carbons (Fsp3) is 0.167. The summed E-state index contributed by atoms with van der Waals surface area (Å²) in [6, 6.07) is 26.5. The Balaban J connectivity index is 1.87. The lowest BCUT2D eigenvalue weighted by molar-refractivity contribution is -0.144. The fourth-order valence-electron chi connectivity index (χ4n) is 4.27. The third-order valence-electron chi connectivity index (χ3n) is 5.55. The van der Waals surface area contributed by atoms with E-state index in [9.17, 15) is 9.59 Å². The summed E-state index contributed by atoms with van der Waals surface area (Å²) in [4.78, 5) is 26.6. The Morgan fingerprint density at radius 1 is 0.857 bits per heavy atom. The van der Waals surface area contributed by atoms with E-state index in [2.05, 4.69) is 15.9 Å². The summed E-state index contributed by atoms with van der Waals surface area (Å²) in [7, 11) is 1.38. The number of carbonyl (C=O) groups excluding carboxylic acids is 2. The molecule has 3 atom stereocenters. The van der Waals surface area contributed by atoms with Crippen molar-refractivity contribution in [1.29, 1.82) is 0 Å². The molecule has 140 valence electrons. The first kappa shape index (κ1) is 18.6. The topological polar surface area (TPSA) is 43.4 Å². The molecule has 0 unspecified atom stereocenters. The summed E-state index contributed by atoms with van der Waals surface area (Å²) in [6.45, 7) is 0. The summed E-state index contributed by atoms with van der Waals surface area (Å²) < 4.78 is 6.12. The molecule has 0 heterocycles. The van der Waals surface area contributed by atoms with Gasteiger partial charge in [-0.15, -0.1) is 0 Å². The molecular formula is C24H19BrO3. The second-order valence-corrected chi connectivity index (χ2v) is 7.88. The van der Waals surface area contributed by atoms with Gasteiger partial charge in [-0.3, -0.25) is 9.59 Å². The number of methoxy groups -OCH3 is 1. The molecule has 1 fully saturated rings. The van der Waals surface area contributed by atoms with Crippen LogP contribution in [0.1, 0.15) is 27.4 Å². The molecule has 1 saturated carbocycles. The van der Waals surface area contributed by atoms with Crippen LogP contribution < -0.4 is 0 Å². The van der Waals surface area contributed by atoms with Gasteiger partial charge in [0.05, 0.1) is 13.0 Å². The summed E-state index contributed by atoms with van der Waals surface area (Å²) in [5.41, 5.74) is 1.36. The highest BCUT2D eigenvalue weighted by Gasteiger charge is 2.74. The van der Waals surface area contributed by atoms with E-state index in [0.717, 1.165) is 15.6 Å². The Bertz CT molecular complexity index is 999. The maximum absolute atomic E-state index is 13.5. The number of rotatable bonds is 5. The van der Waals surface area contributed by atoms with Gasteiger partial charge >= 0.3 is 5.97 Å². The molecule has 3 aromatic carbocycles. The molecule has 4 heteroatoms. The molecule has 3 aromatic rings. The van der Waals surface area contributed by atoms with Crippen molar-refractivity contribution < 1.29 is 14.3 Å². The van der Waals surface area contributed by atoms with Crippen LogP contribution >= 0.6 is 15.9 Å². The fourth-order valence-corrected chi connectivity index (χ4v) is 4.53. The maximum Gasteiger partial charge on any atom is 0.317 e. The molecule has 0 aliphatic heterocycles. The van der Waals surface area contributed by atoms with Gasteiger partial charge in [-0.05, 0) is 23.3 Å². The highest BCUT2D eigenvalue weighted by atomic mass is 79.9. The molecule has 4 rings (SSSR count). The average Bonchev–Trinajstić information content (AvgIpc) is 3.45. The molecular weight excluding hydrogens is 416 g/mol. The van der Waals surface area contributed by atoms with Crippen LogP contribution in [-0.4, -0.2) is 18.9 Å². The first-order valence-corrected chi connectivity index (χ1v) is 9.88. The Hall–Kier alpha value is -2.72. The molecule has 3 nitrogen and oxygen atoms in total. The van der Waals surface area contributed by atoms with Crippen molar-refractivity contribution in [1.82, 2.24) is 0 Å². The van der Waals surface area contributed by atoms with E-state index < -0.39 is 11.3 Å². The Labute approximate surface area is 172 Å². The first-order chi connectivity index (χ1) is 13.6. The van der Waals surface area contributed by atoms with Crippen LogP contribution in [0.25, 0.3) is 0 Å². The normalized spacial score (nSPS) is 23.1. The standard InChI is InChI=1S/C24H19BrO3/c1-28-23(27)24(18-10-6-3-7-11-18)20(16-8-4-2-5-9-16)21(24)22(26)17-12-14-19(25)15-13-17/h2-15,20-21H,1H3/t20-,21+,24+/m0/s1. The number of esters is 1. The van der Waals surface area contributed by atoms with E-state index in [-0.39, 0.29) is 17.7 Å². The number of Topliss-reactive ketones (excluding diaryl/α,β-unsaturated/α-hetero) is 1. The number of benzene rings is 3. The second-order valence-electron chi connectivity index (χ2n) is 6.96. The van der Waals surface area contributed by atoms with Crippen LogP contribution in [0.5, 0.6) is 0 Å². The van der Waals surface area contributed by atoms with E-state index >= 15 is 0 Å². The summed E-state index contributed by atoms with van der Waals surface area (Å²) in [6.07, 6.45) is 0. The van der Waals surface area contributed by atoms with E-state index in [0.29, 0.717) is 5.56 Å². The lowest BCUT2D eigenvalue weighted by Gasteiger charge is -2.16. The van der Waals surface area contributed by atoms with E-state index in [4.69, 9.17) is 4.74 Å². The molecule has 0 amide bonds. The van der Waals surface area contributed by atoms with E-state index in [1.807, 2.05) is 72.8 Å². The zero-order valence-corrected chi connectivity index (χ0v) is 16.9. The van der Waals surface area contributed by atoms with Gasteiger partial charge in [0, 0.05) is 16.0 Å². The largest absolute Gasteiger partial charge is 0.468 e. The predicted molar refractivity (Wildman–Crippen MR) is 111 cm³/mol. The van der Waals surface area contributed by atoms with Gasteiger partial charge in [0.1, 0.15) is 5.41 Å². The molecule has 1 aliphatic carbocycles. The Morgan fingerprint density at radius 3 is 2.00 bits per heavy atom. The van der Waals surface area contributed by atoms with Crippen LogP contribution in [0, 0.1) is 5.92 Å². The number of halogens is 1. The van der Waals surface area contributed by atoms with E-state index in [1.54, 1.807) is 12.1 Å². The van der Waals surface area contributed by atoms with Crippen molar-refractivity contribution >= 4 is 27.7 Å². The number of ketones is 1. The highest BCUT2D eigenvalue weighted by Crippen LogP contribution is 2.67. The highest BCUT2D eigenvalue weighted by molar-refractivity contribution is 9.10. The third-order valence-corrected chi connectivity index (χ3v) is 6.08. The molecule has 28 heavy (non-hydrogen) atoms. The van der Waals surface area contributed by atoms with Gasteiger partial charge in [0.15, 0.2) is 5.78 Å². The number of hydrogen-bond acceptors (Lipinski definition) is 3. The average molecular weight is 435 g/mol. The van der Waals surface area contributed by atoms with E-state index in [1.165, 1.54) is 7.11 Å². The lowest BCUT2D eigenvalue weighted by Crippen LogP contribution is -2.28. The molecule has 0 aromatic heterocycles. The minimum Gasteiger partial charge on any atom is -0.468 e. The van der Waals surface area contributed by atoms with Gasteiger partial charge in [-0.2, -0.15) is 0 Å². The summed E-state index contributed by atoms with van der Waals surface area (Å²) in [5, 5.41) is 0. The Kier molecular flexibility index (Phi) is 4.90. The number of carbonyl (C=O) groups is 2. The van der Waals surface area contributed by atoms with Crippen LogP contribution in [0.4, 0.5) is 0 Å². The zero-order valence-electron chi connectivity index (χ0n) is 15.3. The SMILES string of the molecule is COC(=O)[C@@]1(c2ccccc2)[C@@H](C(=O)c2ccc(Br)cc2)[C@@H]1c1ccccc1. The summed E-state index contributed by atoms with van der Waals surface area (Å²) >= 11 is 3.40. The van der Waals surface area contributed by atoms with Gasteiger partial charge < -0.3 is 4.74 Å². The maximum atomic E-state index is 13.5. The van der Waals surface area contributed by atoms with Crippen molar-refractivity contribution in [2.75, 3.05) is 7.11 Å². The lowest BCUT2D eigenvalue weighted by atomic mass is 9.88. The monoisotopic (exact) mass is 434 g/mol. The van der Waals surface area contributed by atoms with Gasteiger partial charge in [0.2, 0.25) is 0 Å². The second kappa shape index (κ2) is 7.36. The quantitative estimate of drug-likeness (QED) is 0.411. The molecule has 0 radical (unpaired) electrons. The van der Waals surface area contributed by atoms with Crippen LogP contribution in [0.15, 0.2) is 89.4 Å². The van der Waals surface area contributed by atoms with Crippen LogP contribution in [0.3, 0.4) is 0 Å². The molecule has 0 N–H and O–H groups in total. The van der Waals surface area contributed by atoms with Crippen LogP contribution in [-0.2, 0) is 14.9 Å². The van der Waals surface area contributed by atoms with Crippen molar-refractivity contribution in [2.45, 2.75) is 11.3 Å². The van der Waals surface area contributed by atoms with Crippen molar-refractivity contribution in [3.8, 4) is 0 Å². The number of hydrogen-bond donors (Lipinski definition) is 0. The van der Waals surface area contributed by atoms with Crippen molar-refractivity contribution in [3.05, 3.63) is 106 Å². The van der Waals surface area contributed by atoms with Crippen LogP contribution in [0.2, 0.25) is 0 Å². The van der Waals surface area contributed by atoms with Crippen molar-refractivity contribution in [2.24, 2.45) is 5.92 Å². The molecule has 0 saturated heterocycles. The first-order valence-electron chi connectivity index (χ1n) is 9.09. The van der Waals surface area contributed by atoms with Gasteiger partial charge in [0.25, 0.3) is 0 Å².